The van der Waals surface area contributed by atoms with Crippen LogP contribution in [0.5, 0.6) is 0 Å². The average molecular weight is 257 g/mol. The number of nitrogens with zero attached hydrogens (tertiary/aromatic N) is 2. The van der Waals surface area contributed by atoms with Crippen LogP contribution in [0.15, 0.2) is 17.1 Å². The first-order valence-electron chi connectivity index (χ1n) is 5.31. The Morgan fingerprint density at radius 2 is 2.28 bits per heavy atom. The molecule has 0 fully saturated rings. The lowest BCUT2D eigenvalue weighted by molar-refractivity contribution is -0.159. The van der Waals surface area contributed by atoms with Gasteiger partial charge in [0.2, 0.25) is 0 Å². The van der Waals surface area contributed by atoms with Crippen LogP contribution in [0.2, 0.25) is 0 Å². The van der Waals surface area contributed by atoms with E-state index in [2.05, 4.69) is 9.72 Å². The molecule has 0 spiro atoms. The smallest absolute Gasteiger partial charge is 0.349 e. The van der Waals surface area contributed by atoms with Gasteiger partial charge in [0.15, 0.2) is 6.10 Å². The quantitative estimate of drug-likeness (QED) is 0.526. The minimum Gasteiger partial charge on any atom is -0.464 e. The van der Waals surface area contributed by atoms with Crippen LogP contribution in [-0.4, -0.2) is 44.5 Å². The third kappa shape index (κ3) is 3.54. The van der Waals surface area contributed by atoms with Crippen molar-refractivity contribution in [2.45, 2.75) is 25.7 Å². The highest BCUT2D eigenvalue weighted by Crippen LogP contribution is 2.00. The highest BCUT2D eigenvalue weighted by molar-refractivity contribution is 5.75. The normalized spacial score (nSPS) is 13.9. The summed E-state index contributed by atoms with van der Waals surface area (Å²) in [7, 11) is 0. The van der Waals surface area contributed by atoms with Crippen molar-refractivity contribution in [1.29, 1.82) is 0 Å². The number of hydrogen-bond donors (Lipinski definition) is 3. The van der Waals surface area contributed by atoms with Gasteiger partial charge in [0.1, 0.15) is 11.9 Å². The van der Waals surface area contributed by atoms with E-state index in [1.807, 2.05) is 0 Å². The number of esters is 1. The zero-order chi connectivity index (χ0) is 13.7. The summed E-state index contributed by atoms with van der Waals surface area (Å²) < 4.78 is 5.57. The van der Waals surface area contributed by atoms with Gasteiger partial charge >= 0.3 is 11.7 Å². The van der Waals surface area contributed by atoms with Gasteiger partial charge in [-0.3, -0.25) is 4.57 Å². The lowest BCUT2D eigenvalue weighted by atomic mass is 10.2. The largest absolute Gasteiger partial charge is 0.464 e. The van der Waals surface area contributed by atoms with E-state index in [-0.39, 0.29) is 19.0 Å². The first-order valence-corrected chi connectivity index (χ1v) is 5.31. The van der Waals surface area contributed by atoms with E-state index in [9.17, 15) is 19.8 Å². The Balaban J connectivity index is 2.72. The number of hydrogen-bond acceptors (Lipinski definition) is 7. The van der Waals surface area contributed by atoms with E-state index in [1.54, 1.807) is 6.92 Å². The maximum Gasteiger partial charge on any atom is 0.349 e. The van der Waals surface area contributed by atoms with Gasteiger partial charge in [-0.05, 0) is 13.0 Å². The molecule has 0 bridgehead atoms. The molecule has 0 unspecified atom stereocenters. The van der Waals surface area contributed by atoms with E-state index in [0.717, 1.165) is 4.57 Å². The summed E-state index contributed by atoms with van der Waals surface area (Å²) in [5, 5.41) is 19.0. The molecule has 0 aliphatic rings. The van der Waals surface area contributed by atoms with Crippen molar-refractivity contribution in [2.75, 3.05) is 12.3 Å². The van der Waals surface area contributed by atoms with Gasteiger partial charge in [-0.2, -0.15) is 4.98 Å². The molecule has 8 nitrogen and oxygen atoms in total. The molecule has 0 saturated carbocycles. The number of carbonyl (C=O) groups excluding carboxylic acids is 1. The second kappa shape index (κ2) is 6.12. The molecule has 0 saturated heterocycles. The zero-order valence-electron chi connectivity index (χ0n) is 9.81. The van der Waals surface area contributed by atoms with Crippen LogP contribution in [0, 0.1) is 0 Å². The highest BCUT2D eigenvalue weighted by atomic mass is 16.5. The molecule has 0 aliphatic carbocycles. The highest BCUT2D eigenvalue weighted by Gasteiger charge is 2.26. The minimum atomic E-state index is -1.71. The lowest BCUT2D eigenvalue weighted by Gasteiger charge is -2.17. The third-order valence-electron chi connectivity index (χ3n) is 2.17. The molecule has 0 aromatic carbocycles. The lowest BCUT2D eigenvalue weighted by Crippen LogP contribution is -2.40. The van der Waals surface area contributed by atoms with Gasteiger partial charge in [-0.15, -0.1) is 0 Å². The molecule has 1 aromatic rings. The summed E-state index contributed by atoms with van der Waals surface area (Å²) in [6.45, 7) is 1.38. The number of nitrogen functional groups attached to an aromatic ring is 1. The number of nitrogens with two attached hydrogens (primary N) is 1. The van der Waals surface area contributed by atoms with Crippen LogP contribution >= 0.6 is 0 Å². The molecule has 4 N–H and O–H groups in total. The first kappa shape index (κ1) is 14.1. The Morgan fingerprint density at radius 3 is 2.83 bits per heavy atom. The monoisotopic (exact) mass is 257 g/mol. The van der Waals surface area contributed by atoms with Crippen molar-refractivity contribution in [3.05, 3.63) is 22.7 Å². The second-order valence-corrected chi connectivity index (χ2v) is 3.55. The molecule has 0 aliphatic heterocycles. The number of anilines is 1. The molecule has 0 radical (unpaired) electrons. The van der Waals surface area contributed by atoms with Crippen LogP contribution in [-0.2, 0) is 16.1 Å². The summed E-state index contributed by atoms with van der Waals surface area (Å²) in [4.78, 5) is 26.0. The molecule has 2 atom stereocenters. The van der Waals surface area contributed by atoms with Crippen molar-refractivity contribution in [1.82, 2.24) is 9.55 Å². The zero-order valence-corrected chi connectivity index (χ0v) is 9.81. The Kier molecular flexibility index (Phi) is 4.81. The van der Waals surface area contributed by atoms with Crippen molar-refractivity contribution < 1.29 is 19.7 Å². The van der Waals surface area contributed by atoms with E-state index in [0.29, 0.717) is 0 Å². The van der Waals surface area contributed by atoms with Gasteiger partial charge in [0.05, 0.1) is 13.2 Å². The Morgan fingerprint density at radius 1 is 1.61 bits per heavy atom. The van der Waals surface area contributed by atoms with E-state index in [4.69, 9.17) is 5.73 Å². The number of carbonyl (C=O) groups is 1. The van der Waals surface area contributed by atoms with Crippen LogP contribution < -0.4 is 11.4 Å². The summed E-state index contributed by atoms with van der Waals surface area (Å²) in [5.41, 5.74) is 4.62. The number of aliphatic hydroxyl groups excluding tert-OH is 2. The molecular formula is C10H15N3O5. The average Bonchev–Trinajstić information content (AvgIpc) is 2.32. The van der Waals surface area contributed by atoms with E-state index >= 15 is 0 Å². The van der Waals surface area contributed by atoms with Gasteiger partial charge in [-0.25, -0.2) is 9.59 Å². The fourth-order valence-electron chi connectivity index (χ4n) is 1.27. The van der Waals surface area contributed by atoms with Gasteiger partial charge in [0, 0.05) is 6.20 Å². The van der Waals surface area contributed by atoms with Crippen molar-refractivity contribution in [3.63, 3.8) is 0 Å². The molecule has 18 heavy (non-hydrogen) atoms. The Labute approximate surface area is 103 Å². The summed E-state index contributed by atoms with van der Waals surface area (Å²) in [6.07, 6.45) is -1.87. The van der Waals surface area contributed by atoms with Crippen molar-refractivity contribution in [2.24, 2.45) is 0 Å². The fraction of sp³-hybridized carbons (Fsp3) is 0.500. The van der Waals surface area contributed by atoms with Crippen LogP contribution in [0.1, 0.15) is 6.92 Å². The number of aromatic nitrogens is 2. The molecule has 1 aromatic heterocycles. The van der Waals surface area contributed by atoms with E-state index in [1.165, 1.54) is 12.3 Å². The summed E-state index contributed by atoms with van der Waals surface area (Å²) >= 11 is 0. The second-order valence-electron chi connectivity index (χ2n) is 3.55. The third-order valence-corrected chi connectivity index (χ3v) is 2.17. The predicted molar refractivity (Wildman–Crippen MR) is 61.6 cm³/mol. The first-order chi connectivity index (χ1) is 8.45. The SMILES string of the molecule is CCOC(=O)[C@H](O)[C@H](O)Cn1ccc(N)nc1=O. The van der Waals surface area contributed by atoms with Crippen LogP contribution in [0.4, 0.5) is 5.82 Å². The topological polar surface area (TPSA) is 128 Å². The van der Waals surface area contributed by atoms with Crippen molar-refractivity contribution >= 4 is 11.8 Å². The molecule has 1 heterocycles. The molecular weight excluding hydrogens is 242 g/mol. The minimum absolute atomic E-state index is 0.0525. The molecule has 8 heteroatoms. The molecule has 0 amide bonds. The van der Waals surface area contributed by atoms with Gasteiger partial charge in [-0.1, -0.05) is 0 Å². The standard InChI is InChI=1S/C10H15N3O5/c1-2-18-9(16)8(15)6(14)5-13-4-3-7(11)12-10(13)17/h3-4,6,8,14-15H,2,5H2,1H3,(H2,11,12,17)/t6-,8-/m1/s1. The number of ether oxygens (including phenoxy) is 1. The van der Waals surface area contributed by atoms with Crippen LogP contribution in [0.25, 0.3) is 0 Å². The maximum atomic E-state index is 11.4. The Bertz CT molecular complexity index is 473. The molecule has 100 valence electrons. The van der Waals surface area contributed by atoms with Gasteiger partial charge in [0.25, 0.3) is 0 Å². The number of aliphatic hydroxyl groups is 2. The Hall–Kier alpha value is -1.93. The maximum absolute atomic E-state index is 11.4. The molecule has 1 rings (SSSR count). The van der Waals surface area contributed by atoms with Gasteiger partial charge < -0.3 is 20.7 Å². The fourth-order valence-corrected chi connectivity index (χ4v) is 1.27. The number of rotatable bonds is 5. The summed E-state index contributed by atoms with van der Waals surface area (Å²) in [5.74, 6) is -0.891. The van der Waals surface area contributed by atoms with Crippen molar-refractivity contribution in [3.8, 4) is 0 Å². The van der Waals surface area contributed by atoms with Crippen LogP contribution in [0.3, 0.4) is 0 Å². The predicted octanol–water partition coefficient (Wildman–Crippen LogP) is -1.89. The summed E-state index contributed by atoms with van der Waals surface area (Å²) in [6, 6.07) is 1.37. The van der Waals surface area contributed by atoms with E-state index < -0.39 is 23.9 Å².